The van der Waals surface area contributed by atoms with Crippen molar-refractivity contribution in [2.75, 3.05) is 0 Å². The molecular weight excluding hydrogens is 186 g/mol. The third kappa shape index (κ3) is 6.86. The highest BCUT2D eigenvalue weighted by atomic mass is 16.1. The summed E-state index contributed by atoms with van der Waals surface area (Å²) in [5.74, 6) is 0.0913. The second kappa shape index (κ2) is 10.9. The third-order valence-corrected chi connectivity index (χ3v) is 1.60. The first-order valence-corrected chi connectivity index (χ1v) is 5.54. The Morgan fingerprint density at radius 2 is 1.47 bits per heavy atom. The van der Waals surface area contributed by atoms with Crippen molar-refractivity contribution in [2.24, 2.45) is 5.73 Å². The molecule has 1 aromatic rings. The van der Waals surface area contributed by atoms with Crippen LogP contribution < -0.4 is 5.73 Å². The van der Waals surface area contributed by atoms with Gasteiger partial charge in [-0.3, -0.25) is 4.79 Å². The summed E-state index contributed by atoms with van der Waals surface area (Å²) in [6.45, 7) is 10.1. The van der Waals surface area contributed by atoms with Crippen molar-refractivity contribution < 1.29 is 4.79 Å². The molecule has 2 nitrogen and oxygen atoms in total. The predicted octanol–water partition coefficient (Wildman–Crippen LogP) is 3.40. The van der Waals surface area contributed by atoms with Crippen LogP contribution in [0.2, 0.25) is 0 Å². The first-order valence-electron chi connectivity index (χ1n) is 5.54. The average Bonchev–Trinajstić information content (AvgIpc) is 2.34. The zero-order valence-corrected chi connectivity index (χ0v) is 10.5. The maximum absolute atomic E-state index is 10.8. The lowest BCUT2D eigenvalue weighted by Crippen LogP contribution is -1.97. The largest absolute Gasteiger partial charge is 0.326 e. The molecule has 0 amide bonds. The summed E-state index contributed by atoms with van der Waals surface area (Å²) in [4.78, 5) is 10.8. The normalized spacial score (nSPS) is 7.87. The van der Waals surface area contributed by atoms with Gasteiger partial charge in [0.15, 0.2) is 5.78 Å². The van der Waals surface area contributed by atoms with E-state index in [9.17, 15) is 4.79 Å². The van der Waals surface area contributed by atoms with E-state index in [4.69, 9.17) is 5.73 Å². The first kappa shape index (κ1) is 16.3. The molecule has 1 aromatic carbocycles. The van der Waals surface area contributed by atoms with Crippen LogP contribution in [0.3, 0.4) is 0 Å². The van der Waals surface area contributed by atoms with Gasteiger partial charge in [0.2, 0.25) is 0 Å². The van der Waals surface area contributed by atoms with Crippen molar-refractivity contribution in [1.82, 2.24) is 0 Å². The van der Waals surface area contributed by atoms with E-state index < -0.39 is 0 Å². The van der Waals surface area contributed by atoms with Gasteiger partial charge in [-0.25, -0.2) is 0 Å². The Kier molecular flexibility index (Phi) is 11.9. The monoisotopic (exact) mass is 209 g/mol. The molecule has 0 heterocycles. The molecule has 0 saturated heterocycles. The summed E-state index contributed by atoms with van der Waals surface area (Å²) in [5, 5.41) is 0. The lowest BCUT2D eigenvalue weighted by molar-refractivity contribution is 0.101. The van der Waals surface area contributed by atoms with E-state index in [1.807, 2.05) is 39.8 Å². The standard InChI is InChI=1S/C9H11NO.2C2H6/c1-7(11)9-4-2-8(6-10)3-5-9;2*1-2/h2-5H,6,10H2,1H3;2*1-2H3. The number of hydrogen-bond donors (Lipinski definition) is 1. The van der Waals surface area contributed by atoms with E-state index in [0.717, 1.165) is 11.1 Å². The molecule has 0 bridgehead atoms. The Hall–Kier alpha value is -1.15. The molecule has 0 radical (unpaired) electrons. The lowest BCUT2D eigenvalue weighted by atomic mass is 10.1. The Morgan fingerprint density at radius 1 is 1.07 bits per heavy atom. The number of rotatable bonds is 2. The summed E-state index contributed by atoms with van der Waals surface area (Å²) in [6.07, 6.45) is 0. The molecule has 0 aromatic heterocycles. The van der Waals surface area contributed by atoms with Crippen LogP contribution in [0.5, 0.6) is 0 Å². The first-order chi connectivity index (χ1) is 7.24. The number of nitrogens with two attached hydrogens (primary N) is 1. The lowest BCUT2D eigenvalue weighted by Gasteiger charge is -1.97. The van der Waals surface area contributed by atoms with Gasteiger partial charge < -0.3 is 5.73 Å². The molecule has 0 saturated carbocycles. The Bertz CT molecular complexity index is 252. The number of Topliss-reactive ketones (excluding diaryl/α,β-unsaturated/α-hetero) is 1. The van der Waals surface area contributed by atoms with Crippen molar-refractivity contribution in [2.45, 2.75) is 41.2 Å². The summed E-state index contributed by atoms with van der Waals surface area (Å²) in [7, 11) is 0. The molecule has 0 aliphatic heterocycles. The Morgan fingerprint density at radius 3 is 1.73 bits per heavy atom. The van der Waals surface area contributed by atoms with Crippen molar-refractivity contribution in [3.05, 3.63) is 35.4 Å². The van der Waals surface area contributed by atoms with Crippen molar-refractivity contribution in [1.29, 1.82) is 0 Å². The fraction of sp³-hybridized carbons (Fsp3) is 0.462. The molecule has 0 fully saturated rings. The van der Waals surface area contributed by atoms with E-state index in [0.29, 0.717) is 6.54 Å². The number of benzene rings is 1. The van der Waals surface area contributed by atoms with Crippen molar-refractivity contribution in [3.63, 3.8) is 0 Å². The second-order valence-corrected chi connectivity index (χ2v) is 2.46. The SMILES string of the molecule is CC.CC.CC(=O)c1ccc(CN)cc1. The van der Waals surface area contributed by atoms with Gasteiger partial charge in [0.25, 0.3) is 0 Å². The van der Waals surface area contributed by atoms with Crippen LogP contribution in [0.1, 0.15) is 50.5 Å². The Balaban J connectivity index is 0. The van der Waals surface area contributed by atoms with E-state index in [-0.39, 0.29) is 5.78 Å². The van der Waals surface area contributed by atoms with Gasteiger partial charge in [0.05, 0.1) is 0 Å². The van der Waals surface area contributed by atoms with Gasteiger partial charge in [-0.2, -0.15) is 0 Å². The van der Waals surface area contributed by atoms with Crippen LogP contribution in [-0.4, -0.2) is 5.78 Å². The predicted molar refractivity (Wildman–Crippen MR) is 67.0 cm³/mol. The Labute approximate surface area is 93.5 Å². The highest BCUT2D eigenvalue weighted by Crippen LogP contribution is 2.03. The topological polar surface area (TPSA) is 43.1 Å². The second-order valence-electron chi connectivity index (χ2n) is 2.46. The van der Waals surface area contributed by atoms with Crippen LogP contribution in [0.25, 0.3) is 0 Å². The minimum atomic E-state index is 0.0913. The maximum Gasteiger partial charge on any atom is 0.159 e. The van der Waals surface area contributed by atoms with Gasteiger partial charge in [0.1, 0.15) is 0 Å². The van der Waals surface area contributed by atoms with Crippen LogP contribution in [0.4, 0.5) is 0 Å². The number of carbonyl (C=O) groups excluding carboxylic acids is 1. The maximum atomic E-state index is 10.8. The van der Waals surface area contributed by atoms with Crippen LogP contribution in [0, 0.1) is 0 Å². The molecule has 2 N–H and O–H groups in total. The molecule has 0 spiro atoms. The van der Waals surface area contributed by atoms with E-state index >= 15 is 0 Å². The summed E-state index contributed by atoms with van der Waals surface area (Å²) in [5.41, 5.74) is 7.18. The molecule has 15 heavy (non-hydrogen) atoms. The number of ketones is 1. The summed E-state index contributed by atoms with van der Waals surface area (Å²) in [6, 6.07) is 7.34. The summed E-state index contributed by atoms with van der Waals surface area (Å²) >= 11 is 0. The minimum Gasteiger partial charge on any atom is -0.326 e. The van der Waals surface area contributed by atoms with E-state index in [2.05, 4.69) is 0 Å². The van der Waals surface area contributed by atoms with Crippen molar-refractivity contribution >= 4 is 5.78 Å². The summed E-state index contributed by atoms with van der Waals surface area (Å²) < 4.78 is 0. The minimum absolute atomic E-state index is 0.0913. The fourth-order valence-corrected chi connectivity index (χ4v) is 0.876. The molecule has 0 atom stereocenters. The van der Waals surface area contributed by atoms with Gasteiger partial charge in [0, 0.05) is 12.1 Å². The highest BCUT2D eigenvalue weighted by molar-refractivity contribution is 5.93. The quantitative estimate of drug-likeness (QED) is 0.759. The zero-order chi connectivity index (χ0) is 12.3. The van der Waals surface area contributed by atoms with E-state index in [1.54, 1.807) is 19.1 Å². The molecule has 0 aliphatic carbocycles. The van der Waals surface area contributed by atoms with Crippen LogP contribution in [0.15, 0.2) is 24.3 Å². The number of hydrogen-bond acceptors (Lipinski definition) is 2. The number of carbonyl (C=O) groups is 1. The molecule has 86 valence electrons. The smallest absolute Gasteiger partial charge is 0.159 e. The van der Waals surface area contributed by atoms with Crippen LogP contribution in [-0.2, 0) is 6.54 Å². The van der Waals surface area contributed by atoms with Gasteiger partial charge in [-0.05, 0) is 12.5 Å². The highest BCUT2D eigenvalue weighted by Gasteiger charge is 1.96. The molecular formula is C13H23NO. The molecule has 0 aliphatic rings. The van der Waals surface area contributed by atoms with E-state index in [1.165, 1.54) is 0 Å². The van der Waals surface area contributed by atoms with Gasteiger partial charge in [-0.1, -0.05) is 52.0 Å². The molecule has 2 heteroatoms. The van der Waals surface area contributed by atoms with Crippen LogP contribution >= 0.6 is 0 Å². The molecule has 0 unspecified atom stereocenters. The average molecular weight is 209 g/mol. The third-order valence-electron chi connectivity index (χ3n) is 1.60. The van der Waals surface area contributed by atoms with Crippen molar-refractivity contribution in [3.8, 4) is 0 Å². The fourth-order valence-electron chi connectivity index (χ4n) is 0.876. The van der Waals surface area contributed by atoms with Gasteiger partial charge in [-0.15, -0.1) is 0 Å². The molecule has 1 rings (SSSR count). The zero-order valence-electron chi connectivity index (χ0n) is 10.5. The van der Waals surface area contributed by atoms with Gasteiger partial charge >= 0.3 is 0 Å².